The van der Waals surface area contributed by atoms with Gasteiger partial charge in [-0.25, -0.2) is 4.99 Å². The maximum absolute atomic E-state index is 5.39. The first-order chi connectivity index (χ1) is 10.8. The van der Waals surface area contributed by atoms with Gasteiger partial charge in [-0.05, 0) is 63.5 Å². The van der Waals surface area contributed by atoms with Crippen molar-refractivity contribution in [2.45, 2.75) is 6.61 Å². The fourth-order valence-corrected chi connectivity index (χ4v) is 2.75. The fourth-order valence-electron chi connectivity index (χ4n) is 2.39. The fraction of sp³-hybridized carbons (Fsp3) is 0.235. The van der Waals surface area contributed by atoms with Crippen LogP contribution in [0.5, 0.6) is 0 Å². The lowest BCUT2D eigenvalue weighted by molar-refractivity contribution is 0.185. The second-order valence-corrected chi connectivity index (χ2v) is 6.22. The zero-order valence-electron chi connectivity index (χ0n) is 12.3. The number of nitrogens with zero attached hydrogens (tertiary/aromatic N) is 1. The van der Waals surface area contributed by atoms with Crippen LogP contribution in [-0.2, 0) is 16.1 Å². The molecule has 0 bridgehead atoms. The van der Waals surface area contributed by atoms with E-state index in [1.165, 1.54) is 14.7 Å². The van der Waals surface area contributed by atoms with E-state index in [0.29, 0.717) is 25.8 Å². The molecule has 5 heteroatoms. The number of amidine groups is 1. The zero-order chi connectivity index (χ0) is 15.4. The molecule has 0 aliphatic carbocycles. The van der Waals surface area contributed by atoms with Gasteiger partial charge in [-0.15, -0.1) is 0 Å². The summed E-state index contributed by atoms with van der Waals surface area (Å²) in [5.41, 5.74) is 4.46. The summed E-state index contributed by atoms with van der Waals surface area (Å²) >= 11 is 2.31. The average molecular weight is 408 g/mol. The van der Waals surface area contributed by atoms with E-state index in [0.717, 1.165) is 11.3 Å². The summed E-state index contributed by atoms with van der Waals surface area (Å²) in [6.45, 7) is 1.92. The van der Waals surface area contributed by atoms with Crippen LogP contribution in [0.1, 0.15) is 5.56 Å². The van der Waals surface area contributed by atoms with Crippen LogP contribution < -0.4 is 5.32 Å². The third-order valence-corrected chi connectivity index (χ3v) is 4.12. The lowest BCUT2D eigenvalue weighted by atomic mass is 9.99. The van der Waals surface area contributed by atoms with E-state index in [9.17, 15) is 0 Å². The molecule has 0 saturated heterocycles. The van der Waals surface area contributed by atoms with Crippen molar-refractivity contribution in [3.63, 3.8) is 0 Å². The number of benzene rings is 2. The molecule has 1 N–H and O–H groups in total. The largest absolute Gasteiger partial charge is 0.463 e. The van der Waals surface area contributed by atoms with Crippen molar-refractivity contribution in [3.8, 4) is 11.1 Å². The van der Waals surface area contributed by atoms with Crippen LogP contribution in [0.25, 0.3) is 11.1 Å². The Bertz CT molecular complexity index is 684. The number of hydrogen-bond donors (Lipinski definition) is 1. The monoisotopic (exact) mass is 408 g/mol. The number of methoxy groups -OCH3 is 1. The van der Waals surface area contributed by atoms with Crippen molar-refractivity contribution in [1.29, 1.82) is 0 Å². The maximum Gasteiger partial charge on any atom is 0.289 e. The molecule has 0 fully saturated rings. The van der Waals surface area contributed by atoms with Gasteiger partial charge in [0, 0.05) is 16.4 Å². The van der Waals surface area contributed by atoms with Crippen molar-refractivity contribution >= 4 is 34.3 Å². The van der Waals surface area contributed by atoms with E-state index >= 15 is 0 Å². The highest BCUT2D eigenvalue weighted by molar-refractivity contribution is 14.1. The molecule has 1 aliphatic heterocycles. The molecule has 22 heavy (non-hydrogen) atoms. The summed E-state index contributed by atoms with van der Waals surface area (Å²) < 4.78 is 12.0. The number of nitrogens with one attached hydrogen (secondary N) is 1. The Hall–Kier alpha value is -1.60. The standard InChI is InChI=1S/C17H17IN2O2/c1-21-11-13-10-15(20-17-19-8-9-22-17)6-7-16(13)12-2-4-14(18)5-3-12/h2-7,10H,8-9,11H2,1H3,(H,19,20). The average Bonchev–Trinajstić information content (AvgIpc) is 3.02. The number of rotatable bonds is 4. The van der Waals surface area contributed by atoms with Gasteiger partial charge in [0.2, 0.25) is 0 Å². The van der Waals surface area contributed by atoms with Crippen LogP contribution in [0.3, 0.4) is 0 Å². The first-order valence-corrected chi connectivity index (χ1v) is 8.16. The second-order valence-electron chi connectivity index (χ2n) is 4.97. The molecule has 3 rings (SSSR count). The molecule has 0 spiro atoms. The van der Waals surface area contributed by atoms with Crippen molar-refractivity contribution in [3.05, 3.63) is 51.6 Å². The predicted molar refractivity (Wildman–Crippen MR) is 97.2 cm³/mol. The maximum atomic E-state index is 5.39. The van der Waals surface area contributed by atoms with Gasteiger partial charge in [-0.1, -0.05) is 18.2 Å². The molecular formula is C17H17IN2O2. The SMILES string of the molecule is COCc1cc(NC2=NCCO2)ccc1-c1ccc(I)cc1. The highest BCUT2D eigenvalue weighted by Crippen LogP contribution is 2.28. The molecule has 2 aromatic carbocycles. The molecule has 0 saturated carbocycles. The Morgan fingerprint density at radius 3 is 2.73 bits per heavy atom. The molecule has 2 aromatic rings. The molecule has 0 amide bonds. The topological polar surface area (TPSA) is 42.8 Å². The molecular weight excluding hydrogens is 391 g/mol. The predicted octanol–water partition coefficient (Wildman–Crippen LogP) is 3.90. The molecule has 4 nitrogen and oxygen atoms in total. The Labute approximate surface area is 143 Å². The van der Waals surface area contributed by atoms with E-state index in [-0.39, 0.29) is 0 Å². The number of halogens is 1. The smallest absolute Gasteiger partial charge is 0.289 e. The molecule has 0 radical (unpaired) electrons. The second kappa shape index (κ2) is 7.11. The van der Waals surface area contributed by atoms with Crippen LogP contribution in [-0.4, -0.2) is 26.3 Å². The minimum Gasteiger partial charge on any atom is -0.463 e. The van der Waals surface area contributed by atoms with Gasteiger partial charge in [0.05, 0.1) is 13.2 Å². The normalized spacial score (nSPS) is 13.6. The number of anilines is 1. The summed E-state index contributed by atoms with van der Waals surface area (Å²) in [7, 11) is 1.71. The molecule has 0 unspecified atom stereocenters. The van der Waals surface area contributed by atoms with Crippen LogP contribution in [0.4, 0.5) is 5.69 Å². The van der Waals surface area contributed by atoms with E-state index < -0.39 is 0 Å². The third kappa shape index (κ3) is 3.59. The summed E-state index contributed by atoms with van der Waals surface area (Å²) in [5.74, 6) is 0. The summed E-state index contributed by atoms with van der Waals surface area (Å²) in [6, 6.07) is 15.3. The van der Waals surface area contributed by atoms with Gasteiger partial charge in [0.15, 0.2) is 0 Å². The highest BCUT2D eigenvalue weighted by atomic mass is 127. The third-order valence-electron chi connectivity index (χ3n) is 3.40. The van der Waals surface area contributed by atoms with Gasteiger partial charge in [0.25, 0.3) is 6.02 Å². The molecule has 0 aromatic heterocycles. The minimum atomic E-state index is 0.560. The van der Waals surface area contributed by atoms with E-state index in [4.69, 9.17) is 9.47 Å². The summed E-state index contributed by atoms with van der Waals surface area (Å²) in [5, 5.41) is 3.20. The minimum absolute atomic E-state index is 0.560. The van der Waals surface area contributed by atoms with Crippen LogP contribution in [0, 0.1) is 3.57 Å². The first-order valence-electron chi connectivity index (χ1n) is 7.08. The van der Waals surface area contributed by atoms with E-state index in [1.807, 2.05) is 6.07 Å². The molecule has 0 atom stereocenters. The molecule has 1 aliphatic rings. The number of hydrogen-bond acceptors (Lipinski definition) is 4. The Kier molecular flexibility index (Phi) is 4.94. The van der Waals surface area contributed by atoms with Gasteiger partial charge < -0.3 is 14.8 Å². The number of ether oxygens (including phenoxy) is 2. The van der Waals surface area contributed by atoms with Crippen molar-refractivity contribution < 1.29 is 9.47 Å². The quantitative estimate of drug-likeness (QED) is 0.781. The van der Waals surface area contributed by atoms with Crippen molar-refractivity contribution in [2.75, 3.05) is 25.6 Å². The van der Waals surface area contributed by atoms with Gasteiger partial charge in [-0.3, -0.25) is 0 Å². The van der Waals surface area contributed by atoms with Crippen LogP contribution in [0.2, 0.25) is 0 Å². The van der Waals surface area contributed by atoms with Gasteiger partial charge >= 0.3 is 0 Å². The Morgan fingerprint density at radius 1 is 1.23 bits per heavy atom. The summed E-state index contributed by atoms with van der Waals surface area (Å²) in [6.07, 6.45) is 0. The van der Waals surface area contributed by atoms with E-state index in [2.05, 4.69) is 69.3 Å². The molecule has 1 heterocycles. The first kappa shape index (κ1) is 15.3. The van der Waals surface area contributed by atoms with E-state index in [1.54, 1.807) is 7.11 Å². The summed E-state index contributed by atoms with van der Waals surface area (Å²) in [4.78, 5) is 4.25. The Balaban J connectivity index is 1.90. The van der Waals surface area contributed by atoms with Gasteiger partial charge in [-0.2, -0.15) is 0 Å². The van der Waals surface area contributed by atoms with Crippen molar-refractivity contribution in [1.82, 2.24) is 0 Å². The van der Waals surface area contributed by atoms with Gasteiger partial charge in [0.1, 0.15) is 6.61 Å². The van der Waals surface area contributed by atoms with Crippen LogP contribution in [0.15, 0.2) is 47.5 Å². The van der Waals surface area contributed by atoms with Crippen molar-refractivity contribution in [2.24, 2.45) is 4.99 Å². The number of aliphatic imine (C=N–C) groups is 1. The Morgan fingerprint density at radius 2 is 2.05 bits per heavy atom. The zero-order valence-corrected chi connectivity index (χ0v) is 14.5. The molecule has 114 valence electrons. The lowest BCUT2D eigenvalue weighted by Crippen LogP contribution is -2.12. The van der Waals surface area contributed by atoms with Crippen LogP contribution >= 0.6 is 22.6 Å². The highest BCUT2D eigenvalue weighted by Gasteiger charge is 2.10. The lowest BCUT2D eigenvalue weighted by Gasteiger charge is -2.13.